The fraction of sp³-hybridized carbons (Fsp3) is 0.714. The van der Waals surface area contributed by atoms with Crippen LogP contribution in [-0.2, 0) is 32.7 Å². The van der Waals surface area contributed by atoms with Crippen LogP contribution in [0.25, 0.3) is 0 Å². The van der Waals surface area contributed by atoms with E-state index in [0.717, 1.165) is 44.9 Å². The number of rotatable bonds is 37. The van der Waals surface area contributed by atoms with Gasteiger partial charge in [0.2, 0.25) is 0 Å². The normalized spacial score (nSPS) is 14.0. The first-order chi connectivity index (χ1) is 25.3. The van der Waals surface area contributed by atoms with Crippen molar-refractivity contribution in [2.45, 2.75) is 168 Å². The first-order valence-corrected chi connectivity index (χ1v) is 21.8. The number of esters is 2. The van der Waals surface area contributed by atoms with Crippen LogP contribution >= 0.6 is 7.82 Å². The number of hydrogen-bond donors (Lipinski definition) is 2. The van der Waals surface area contributed by atoms with E-state index >= 15 is 0 Å². The van der Waals surface area contributed by atoms with Crippen LogP contribution in [-0.4, -0.2) is 49.3 Å². The van der Waals surface area contributed by atoms with Crippen LogP contribution in [0.1, 0.15) is 162 Å². The number of nitrogens with two attached hydrogens (primary N) is 1. The number of carbonyl (C=O) groups is 2. The van der Waals surface area contributed by atoms with E-state index in [1.807, 2.05) is 12.2 Å². The van der Waals surface area contributed by atoms with Gasteiger partial charge in [0.05, 0.1) is 13.2 Å². The molecule has 0 radical (unpaired) electrons. The average molecular weight is 752 g/mol. The molecule has 0 heterocycles. The van der Waals surface area contributed by atoms with Gasteiger partial charge in [-0.3, -0.25) is 18.6 Å². The fourth-order valence-corrected chi connectivity index (χ4v) is 5.91. The number of ether oxygens (including phenoxy) is 2. The molecule has 0 saturated heterocycles. The molecular formula is C42H74NO8P. The van der Waals surface area contributed by atoms with Gasteiger partial charge in [-0.1, -0.05) is 158 Å². The molecule has 3 N–H and O–H groups in total. The third-order valence-corrected chi connectivity index (χ3v) is 9.15. The van der Waals surface area contributed by atoms with Crippen molar-refractivity contribution in [1.29, 1.82) is 0 Å². The molecule has 0 spiro atoms. The van der Waals surface area contributed by atoms with Crippen LogP contribution in [0.15, 0.2) is 60.8 Å². The highest BCUT2D eigenvalue weighted by Crippen LogP contribution is 2.43. The predicted molar refractivity (Wildman–Crippen MR) is 215 cm³/mol. The zero-order valence-electron chi connectivity index (χ0n) is 32.8. The average Bonchev–Trinajstić information content (AvgIpc) is 3.13. The first kappa shape index (κ1) is 49.7. The van der Waals surface area contributed by atoms with Crippen molar-refractivity contribution in [2.24, 2.45) is 5.73 Å². The molecule has 0 aromatic carbocycles. The number of phosphoric acid groups is 1. The highest BCUT2D eigenvalue weighted by Gasteiger charge is 2.25. The molecule has 2 atom stereocenters. The van der Waals surface area contributed by atoms with Crippen molar-refractivity contribution in [3.05, 3.63) is 60.8 Å². The molecule has 0 aliphatic carbocycles. The SMILES string of the molecule is CCCCC/C=C\C/C=C\C/C=C\C/C=C\C/C=C\CCC(=O)OC[C@H](COP(=O)(O)OCCN)OC(=O)CCCCCCCCCCCCCC. The van der Waals surface area contributed by atoms with Crippen LogP contribution in [0.5, 0.6) is 0 Å². The lowest BCUT2D eigenvalue weighted by atomic mass is 10.0. The Bertz CT molecular complexity index is 1040. The molecule has 0 aliphatic rings. The molecule has 0 bridgehead atoms. The van der Waals surface area contributed by atoms with Gasteiger partial charge in [0.25, 0.3) is 0 Å². The summed E-state index contributed by atoms with van der Waals surface area (Å²) < 4.78 is 32.6. The topological polar surface area (TPSA) is 134 Å². The third-order valence-electron chi connectivity index (χ3n) is 8.17. The highest BCUT2D eigenvalue weighted by atomic mass is 31.2. The van der Waals surface area contributed by atoms with Crippen molar-refractivity contribution in [3.8, 4) is 0 Å². The molecule has 0 fully saturated rings. The van der Waals surface area contributed by atoms with E-state index in [-0.39, 0.29) is 32.6 Å². The lowest BCUT2D eigenvalue weighted by Gasteiger charge is -2.19. The zero-order chi connectivity index (χ0) is 38.2. The minimum absolute atomic E-state index is 0.0427. The summed E-state index contributed by atoms with van der Waals surface area (Å²) in [6.07, 6.45) is 44.1. The summed E-state index contributed by atoms with van der Waals surface area (Å²) in [6, 6.07) is 0. The first-order valence-electron chi connectivity index (χ1n) is 20.3. The van der Waals surface area contributed by atoms with E-state index in [9.17, 15) is 19.0 Å². The van der Waals surface area contributed by atoms with E-state index in [4.69, 9.17) is 24.3 Å². The maximum absolute atomic E-state index is 12.5. The van der Waals surface area contributed by atoms with Gasteiger partial charge in [0, 0.05) is 19.4 Å². The molecule has 0 aromatic rings. The van der Waals surface area contributed by atoms with E-state index in [2.05, 4.69) is 62.5 Å². The Morgan fingerprint density at radius 2 is 1.04 bits per heavy atom. The van der Waals surface area contributed by atoms with Crippen molar-refractivity contribution >= 4 is 19.8 Å². The van der Waals surface area contributed by atoms with Gasteiger partial charge in [0.1, 0.15) is 6.61 Å². The molecular weight excluding hydrogens is 677 g/mol. The molecule has 9 nitrogen and oxygen atoms in total. The number of hydrogen-bond acceptors (Lipinski definition) is 8. The van der Waals surface area contributed by atoms with Gasteiger partial charge >= 0.3 is 19.8 Å². The summed E-state index contributed by atoms with van der Waals surface area (Å²) in [5, 5.41) is 0. The zero-order valence-corrected chi connectivity index (χ0v) is 33.7. The molecule has 52 heavy (non-hydrogen) atoms. The van der Waals surface area contributed by atoms with E-state index in [1.165, 1.54) is 77.0 Å². The van der Waals surface area contributed by atoms with Crippen LogP contribution in [0.3, 0.4) is 0 Å². The lowest BCUT2D eigenvalue weighted by Crippen LogP contribution is -2.29. The molecule has 0 saturated carbocycles. The summed E-state index contributed by atoms with van der Waals surface area (Å²) >= 11 is 0. The maximum atomic E-state index is 12.5. The summed E-state index contributed by atoms with van der Waals surface area (Å²) in [5.41, 5.74) is 5.33. The second-order valence-corrected chi connectivity index (χ2v) is 14.6. The predicted octanol–water partition coefficient (Wildman–Crippen LogP) is 11.3. The summed E-state index contributed by atoms with van der Waals surface area (Å²) in [6.45, 7) is 3.60. The highest BCUT2D eigenvalue weighted by molar-refractivity contribution is 7.47. The summed E-state index contributed by atoms with van der Waals surface area (Å²) in [7, 11) is -4.39. The summed E-state index contributed by atoms with van der Waals surface area (Å²) in [4.78, 5) is 34.7. The van der Waals surface area contributed by atoms with Gasteiger partial charge in [-0.25, -0.2) is 4.57 Å². The molecule has 10 heteroatoms. The Morgan fingerprint density at radius 3 is 1.56 bits per heavy atom. The number of phosphoric ester groups is 1. The Morgan fingerprint density at radius 1 is 0.577 bits per heavy atom. The smallest absolute Gasteiger partial charge is 0.462 e. The van der Waals surface area contributed by atoms with Crippen molar-refractivity contribution in [3.63, 3.8) is 0 Å². The third kappa shape index (κ3) is 37.5. The largest absolute Gasteiger partial charge is 0.472 e. The van der Waals surface area contributed by atoms with Crippen LogP contribution in [0.4, 0.5) is 0 Å². The fourth-order valence-electron chi connectivity index (χ4n) is 5.15. The number of unbranched alkanes of at least 4 members (excludes halogenated alkanes) is 14. The second kappa shape index (κ2) is 38.4. The van der Waals surface area contributed by atoms with E-state index in [0.29, 0.717) is 12.8 Å². The minimum Gasteiger partial charge on any atom is -0.462 e. The molecule has 300 valence electrons. The van der Waals surface area contributed by atoms with Gasteiger partial charge < -0.3 is 20.1 Å². The Labute approximate surface area is 317 Å². The van der Waals surface area contributed by atoms with Crippen LogP contribution < -0.4 is 5.73 Å². The van der Waals surface area contributed by atoms with E-state index < -0.39 is 32.5 Å². The van der Waals surface area contributed by atoms with Crippen LogP contribution in [0, 0.1) is 0 Å². The van der Waals surface area contributed by atoms with Gasteiger partial charge in [-0.15, -0.1) is 0 Å². The van der Waals surface area contributed by atoms with Gasteiger partial charge in [-0.05, 0) is 51.4 Å². The maximum Gasteiger partial charge on any atom is 0.472 e. The monoisotopic (exact) mass is 752 g/mol. The Kier molecular flexibility index (Phi) is 36.7. The molecule has 0 aliphatic heterocycles. The Hall–Kier alpha value is -2.29. The molecule has 0 amide bonds. The van der Waals surface area contributed by atoms with Gasteiger partial charge in [-0.2, -0.15) is 0 Å². The molecule has 0 aromatic heterocycles. The van der Waals surface area contributed by atoms with E-state index in [1.54, 1.807) is 0 Å². The van der Waals surface area contributed by atoms with Gasteiger partial charge in [0.15, 0.2) is 6.10 Å². The number of carbonyl (C=O) groups excluding carboxylic acids is 2. The summed E-state index contributed by atoms with van der Waals surface area (Å²) in [5.74, 6) is -0.928. The van der Waals surface area contributed by atoms with Crippen LogP contribution in [0.2, 0.25) is 0 Å². The quantitative estimate of drug-likeness (QED) is 0.0275. The number of allylic oxidation sites excluding steroid dienone is 10. The Balaban J connectivity index is 4.31. The van der Waals surface area contributed by atoms with Crippen molar-refractivity contribution in [1.82, 2.24) is 0 Å². The molecule has 1 unspecified atom stereocenters. The standard InChI is InChI=1S/C42H74NO8P/c1-3-5-7-9-11-13-15-17-18-19-20-21-22-23-25-26-28-30-32-34-41(44)48-38-40(39-50-52(46,47)49-37-36-43)51-42(45)35-33-31-29-27-24-16-14-12-10-8-6-4-2/h11,13,17-18,20-21,23,25,28,30,40H,3-10,12,14-16,19,22,24,26-27,29,31-39,43H2,1-2H3,(H,46,47)/b13-11-,18-17-,21-20-,25-23-,30-28-/t40-/m1/s1. The lowest BCUT2D eigenvalue weighted by molar-refractivity contribution is -0.161. The minimum atomic E-state index is -4.39. The van der Waals surface area contributed by atoms with Crippen molar-refractivity contribution in [2.75, 3.05) is 26.4 Å². The second-order valence-electron chi connectivity index (χ2n) is 13.2. The van der Waals surface area contributed by atoms with Crippen molar-refractivity contribution < 1.29 is 37.6 Å². The molecule has 0 rings (SSSR count).